The number of hydrazine groups is 1. The van der Waals surface area contributed by atoms with Crippen molar-refractivity contribution < 1.29 is 23.0 Å². The Morgan fingerprint density at radius 2 is 1.85 bits per heavy atom. The van der Waals surface area contributed by atoms with E-state index in [1.807, 2.05) is 50.2 Å². The zero-order valence-corrected chi connectivity index (χ0v) is 19.2. The van der Waals surface area contributed by atoms with Gasteiger partial charge in [0.2, 0.25) is 5.88 Å². The Morgan fingerprint density at radius 1 is 1.15 bits per heavy atom. The second-order valence-electron chi connectivity index (χ2n) is 7.76. The summed E-state index contributed by atoms with van der Waals surface area (Å²) >= 11 is 0. The lowest BCUT2D eigenvalue weighted by atomic mass is 9.78. The molecule has 8 heteroatoms. The fraction of sp³-hybridized carbons (Fsp3) is 0.360. The van der Waals surface area contributed by atoms with E-state index in [-0.39, 0.29) is 18.0 Å². The fourth-order valence-corrected chi connectivity index (χ4v) is 3.97. The number of rotatable bonds is 5. The van der Waals surface area contributed by atoms with Crippen molar-refractivity contribution in [2.45, 2.75) is 38.1 Å². The molecule has 1 aromatic carbocycles. The highest BCUT2D eigenvalue weighted by Crippen LogP contribution is 2.45. The Morgan fingerprint density at radius 3 is 2.42 bits per heavy atom. The summed E-state index contributed by atoms with van der Waals surface area (Å²) in [5.41, 5.74) is 2.98. The van der Waals surface area contributed by atoms with Crippen LogP contribution in [-0.4, -0.2) is 47.9 Å². The second-order valence-corrected chi connectivity index (χ2v) is 7.76. The van der Waals surface area contributed by atoms with Crippen LogP contribution in [0.4, 0.5) is 13.2 Å². The number of allylic oxidation sites excluding steroid dienone is 3. The van der Waals surface area contributed by atoms with E-state index >= 15 is 0 Å². The predicted octanol–water partition coefficient (Wildman–Crippen LogP) is 4.74. The lowest BCUT2D eigenvalue weighted by molar-refractivity contribution is -0.149. The molecule has 0 spiro atoms. The molecular weight excluding hydrogens is 431 g/mol. The monoisotopic (exact) mass is 461 g/mol. The minimum absolute atomic E-state index is 0.213. The van der Waals surface area contributed by atoms with E-state index in [9.17, 15) is 18.3 Å². The molecule has 1 aromatic rings. The van der Waals surface area contributed by atoms with Gasteiger partial charge in [-0.1, -0.05) is 50.3 Å². The van der Waals surface area contributed by atoms with E-state index < -0.39 is 17.8 Å². The number of nitrogens with zero attached hydrogens (tertiary/aromatic N) is 2. The number of methoxy groups -OCH3 is 1. The number of alkyl halides is 3. The summed E-state index contributed by atoms with van der Waals surface area (Å²) in [7, 11) is 3.33. The maximum absolute atomic E-state index is 13.5. The van der Waals surface area contributed by atoms with Crippen molar-refractivity contribution in [3.05, 3.63) is 95.2 Å². The van der Waals surface area contributed by atoms with Crippen molar-refractivity contribution in [2.24, 2.45) is 0 Å². The van der Waals surface area contributed by atoms with Crippen LogP contribution in [0.2, 0.25) is 0 Å². The molecule has 4 rings (SSSR count). The van der Waals surface area contributed by atoms with Crippen LogP contribution in [0, 0.1) is 0 Å². The molecule has 178 valence electrons. The summed E-state index contributed by atoms with van der Waals surface area (Å²) in [4.78, 5) is 2.00. The van der Waals surface area contributed by atoms with Gasteiger partial charge in [-0.05, 0) is 35.6 Å². The maximum Gasteiger partial charge on any atom is 0.409 e. The van der Waals surface area contributed by atoms with Gasteiger partial charge in [-0.15, -0.1) is 0 Å². The fourth-order valence-electron chi connectivity index (χ4n) is 3.97. The number of benzene rings is 1. The first-order valence-electron chi connectivity index (χ1n) is 10.9. The maximum atomic E-state index is 13.5. The molecule has 2 unspecified atom stereocenters. The molecule has 3 heterocycles. The summed E-state index contributed by atoms with van der Waals surface area (Å²) in [6.45, 7) is 4.69. The first kappa shape index (κ1) is 24.7. The van der Waals surface area contributed by atoms with Crippen LogP contribution in [0.15, 0.2) is 89.6 Å². The molecule has 2 atom stereocenters. The smallest absolute Gasteiger partial charge is 0.409 e. The minimum Gasteiger partial charge on any atom is -0.481 e. The molecule has 0 aliphatic carbocycles. The number of fused-ring (bicyclic) bond motifs is 1. The predicted molar refractivity (Wildman–Crippen MR) is 122 cm³/mol. The first-order valence-corrected chi connectivity index (χ1v) is 10.9. The summed E-state index contributed by atoms with van der Waals surface area (Å²) < 4.78 is 45.7. The number of hydrogen-bond acceptors (Lipinski definition) is 5. The van der Waals surface area contributed by atoms with Crippen molar-refractivity contribution in [1.29, 1.82) is 0 Å². The van der Waals surface area contributed by atoms with E-state index in [0.717, 1.165) is 11.6 Å². The van der Waals surface area contributed by atoms with Gasteiger partial charge in [0, 0.05) is 31.7 Å². The van der Waals surface area contributed by atoms with Crippen molar-refractivity contribution in [3.8, 4) is 0 Å². The number of likely N-dealkylation sites (N-methyl/N-ethyl adjacent to an activating group) is 1. The third kappa shape index (κ3) is 5.02. The number of aliphatic hydroxyl groups is 1. The molecule has 0 fully saturated rings. The SMILES string of the molecule is CC.COC1=CC=C(C(O)(CC2=CCN(C)C=C2)c2ccccc2)C2=CC(C(F)(F)F)NN12. The molecule has 2 N–H and O–H groups in total. The Hall–Kier alpha value is -2.97. The molecule has 0 saturated heterocycles. The molecular formula is C25H30F3N3O2. The third-order valence-electron chi connectivity index (χ3n) is 5.63. The highest BCUT2D eigenvalue weighted by Gasteiger charge is 2.48. The highest BCUT2D eigenvalue weighted by atomic mass is 19.4. The molecule has 0 aromatic heterocycles. The van der Waals surface area contributed by atoms with Gasteiger partial charge in [-0.2, -0.15) is 13.2 Å². The number of hydrogen-bond donors (Lipinski definition) is 2. The van der Waals surface area contributed by atoms with Crippen LogP contribution in [0.5, 0.6) is 0 Å². The van der Waals surface area contributed by atoms with E-state index in [2.05, 4.69) is 5.43 Å². The second kappa shape index (κ2) is 9.89. The first-order chi connectivity index (χ1) is 15.7. The summed E-state index contributed by atoms with van der Waals surface area (Å²) in [6.07, 6.45) is 5.84. The molecule has 3 aliphatic heterocycles. The largest absolute Gasteiger partial charge is 0.481 e. The van der Waals surface area contributed by atoms with E-state index in [4.69, 9.17) is 4.74 Å². The average Bonchev–Trinajstić information content (AvgIpc) is 3.28. The third-order valence-corrected chi connectivity index (χ3v) is 5.63. The number of halogens is 3. The van der Waals surface area contributed by atoms with E-state index in [0.29, 0.717) is 17.7 Å². The number of nitrogens with one attached hydrogen (secondary N) is 1. The van der Waals surface area contributed by atoms with Crippen molar-refractivity contribution in [2.75, 3.05) is 20.7 Å². The van der Waals surface area contributed by atoms with Gasteiger partial charge in [0.25, 0.3) is 0 Å². The van der Waals surface area contributed by atoms with Gasteiger partial charge in [0.1, 0.15) is 11.6 Å². The molecule has 3 aliphatic rings. The Bertz CT molecular complexity index is 996. The Labute approximate surface area is 192 Å². The van der Waals surface area contributed by atoms with Crippen LogP contribution in [0.1, 0.15) is 25.8 Å². The zero-order chi connectivity index (χ0) is 24.2. The summed E-state index contributed by atoms with van der Waals surface area (Å²) in [5, 5.41) is 13.3. The normalized spacial score (nSPS) is 21.6. The lowest BCUT2D eigenvalue weighted by Gasteiger charge is -2.38. The summed E-state index contributed by atoms with van der Waals surface area (Å²) in [6, 6.07) is 7.12. The van der Waals surface area contributed by atoms with Gasteiger partial charge in [-0.25, -0.2) is 10.4 Å². The zero-order valence-electron chi connectivity index (χ0n) is 19.2. The van der Waals surface area contributed by atoms with Gasteiger partial charge >= 0.3 is 6.18 Å². The van der Waals surface area contributed by atoms with E-state index in [1.54, 1.807) is 36.4 Å². The van der Waals surface area contributed by atoms with Crippen LogP contribution < -0.4 is 5.43 Å². The molecule has 5 nitrogen and oxygen atoms in total. The molecule has 0 amide bonds. The Balaban J connectivity index is 0.00000149. The molecule has 33 heavy (non-hydrogen) atoms. The molecule has 0 bridgehead atoms. The van der Waals surface area contributed by atoms with Gasteiger partial charge in [-0.3, -0.25) is 0 Å². The lowest BCUT2D eigenvalue weighted by Crippen LogP contribution is -2.46. The highest BCUT2D eigenvalue weighted by molar-refractivity contribution is 5.52. The van der Waals surface area contributed by atoms with Crippen molar-refractivity contribution >= 4 is 0 Å². The van der Waals surface area contributed by atoms with Crippen LogP contribution >= 0.6 is 0 Å². The van der Waals surface area contributed by atoms with Gasteiger partial charge in [0.05, 0.1) is 12.8 Å². The molecule has 0 radical (unpaired) electrons. The Kier molecular flexibility index (Phi) is 7.39. The van der Waals surface area contributed by atoms with Crippen LogP contribution in [0.3, 0.4) is 0 Å². The van der Waals surface area contributed by atoms with Crippen molar-refractivity contribution in [1.82, 2.24) is 15.3 Å². The van der Waals surface area contributed by atoms with Crippen LogP contribution in [-0.2, 0) is 10.3 Å². The average molecular weight is 462 g/mol. The minimum atomic E-state index is -4.49. The van der Waals surface area contributed by atoms with Crippen molar-refractivity contribution in [3.63, 3.8) is 0 Å². The topological polar surface area (TPSA) is 48.0 Å². The standard InChI is InChI=1S/C23H24F3N3O2.C2H6/c1-28-12-10-16(11-13-28)15-22(30,17-6-4-3-5-7-17)18-8-9-21(31-2)29-19(18)14-20(27-29)23(24,25)26;1-2/h3-12,14,20,27,30H,13,15H2,1-2H3;1-2H3. The number of ether oxygens (including phenoxy) is 1. The van der Waals surface area contributed by atoms with E-state index in [1.165, 1.54) is 12.1 Å². The van der Waals surface area contributed by atoms with Gasteiger partial charge in [0.15, 0.2) is 0 Å². The van der Waals surface area contributed by atoms with Gasteiger partial charge < -0.3 is 14.7 Å². The molecule has 0 saturated carbocycles. The van der Waals surface area contributed by atoms with Crippen LogP contribution in [0.25, 0.3) is 0 Å². The quantitative estimate of drug-likeness (QED) is 0.664. The summed E-state index contributed by atoms with van der Waals surface area (Å²) in [5.74, 6) is 0.218.